The molecule has 0 fully saturated rings. The molecule has 0 aliphatic heterocycles. The van der Waals surface area contributed by atoms with Crippen molar-refractivity contribution in [3.63, 3.8) is 0 Å². The number of hydrogen-bond acceptors (Lipinski definition) is 4. The molecule has 1 aromatic rings. The van der Waals surface area contributed by atoms with Crippen LogP contribution in [0.5, 0.6) is 0 Å². The molecular formula is C12H21N3O. The summed E-state index contributed by atoms with van der Waals surface area (Å²) in [7, 11) is 0. The minimum Gasteiger partial charge on any atom is -0.395 e. The Kier molecular flexibility index (Phi) is 5.22. The van der Waals surface area contributed by atoms with Crippen molar-refractivity contribution in [2.45, 2.75) is 32.2 Å². The summed E-state index contributed by atoms with van der Waals surface area (Å²) in [5.41, 5.74) is 6.74. The molecular weight excluding hydrogens is 202 g/mol. The highest BCUT2D eigenvalue weighted by Crippen LogP contribution is 2.20. The molecule has 1 rings (SSSR count). The Labute approximate surface area is 96.9 Å². The van der Waals surface area contributed by atoms with Gasteiger partial charge < -0.3 is 16.2 Å². The average Bonchev–Trinajstić information content (AvgIpc) is 2.27. The zero-order valence-corrected chi connectivity index (χ0v) is 9.98. The molecule has 2 atom stereocenters. The van der Waals surface area contributed by atoms with Crippen molar-refractivity contribution in [3.05, 3.63) is 23.9 Å². The quantitative estimate of drug-likeness (QED) is 0.676. The maximum absolute atomic E-state index is 8.71. The van der Waals surface area contributed by atoms with Gasteiger partial charge in [-0.2, -0.15) is 0 Å². The van der Waals surface area contributed by atoms with Crippen LogP contribution in [0.25, 0.3) is 0 Å². The zero-order valence-electron chi connectivity index (χ0n) is 9.98. The van der Waals surface area contributed by atoms with Crippen LogP contribution < -0.4 is 11.1 Å². The third kappa shape index (κ3) is 4.16. The summed E-state index contributed by atoms with van der Waals surface area (Å²) in [5, 5.41) is 12.0. The molecule has 0 aromatic carbocycles. The molecule has 2 unspecified atom stereocenters. The smallest absolute Gasteiger partial charge is 0.123 e. The van der Waals surface area contributed by atoms with E-state index in [1.54, 1.807) is 0 Å². The van der Waals surface area contributed by atoms with Crippen LogP contribution in [0.4, 0.5) is 5.82 Å². The molecule has 16 heavy (non-hydrogen) atoms. The number of hydrogen-bond donors (Lipinski definition) is 3. The fraction of sp³-hybridized carbons (Fsp3) is 0.583. The lowest BCUT2D eigenvalue weighted by atomic mass is 9.96. The van der Waals surface area contributed by atoms with E-state index in [4.69, 9.17) is 10.8 Å². The summed E-state index contributed by atoms with van der Waals surface area (Å²) in [6, 6.07) is 4.24. The Morgan fingerprint density at radius 1 is 1.44 bits per heavy atom. The molecule has 90 valence electrons. The van der Waals surface area contributed by atoms with Crippen LogP contribution in [0.1, 0.15) is 31.7 Å². The van der Waals surface area contributed by atoms with Crippen molar-refractivity contribution in [1.29, 1.82) is 0 Å². The maximum atomic E-state index is 8.71. The van der Waals surface area contributed by atoms with Gasteiger partial charge in [-0.3, -0.25) is 0 Å². The van der Waals surface area contributed by atoms with E-state index in [1.165, 1.54) is 5.56 Å². The lowest BCUT2D eigenvalue weighted by molar-refractivity contribution is 0.283. The number of anilines is 1. The number of aromatic nitrogens is 1. The molecule has 4 N–H and O–H groups in total. The predicted octanol–water partition coefficient (Wildman–Crippen LogP) is 1.13. The molecule has 4 heteroatoms. The van der Waals surface area contributed by atoms with E-state index in [1.807, 2.05) is 18.3 Å². The third-order valence-corrected chi connectivity index (χ3v) is 2.69. The second-order valence-electron chi connectivity index (χ2n) is 4.23. The third-order valence-electron chi connectivity index (χ3n) is 2.69. The molecule has 0 radical (unpaired) electrons. The van der Waals surface area contributed by atoms with Crippen LogP contribution in [-0.2, 0) is 0 Å². The average molecular weight is 223 g/mol. The van der Waals surface area contributed by atoms with E-state index in [-0.39, 0.29) is 6.61 Å². The van der Waals surface area contributed by atoms with Crippen molar-refractivity contribution in [2.75, 3.05) is 18.9 Å². The topological polar surface area (TPSA) is 71.2 Å². The predicted molar refractivity (Wildman–Crippen MR) is 66.2 cm³/mol. The van der Waals surface area contributed by atoms with Crippen LogP contribution >= 0.6 is 0 Å². The van der Waals surface area contributed by atoms with Crippen molar-refractivity contribution < 1.29 is 5.11 Å². The van der Waals surface area contributed by atoms with Crippen LogP contribution in [0.15, 0.2) is 18.3 Å². The Hall–Kier alpha value is -1.13. The van der Waals surface area contributed by atoms with Crippen molar-refractivity contribution in [1.82, 2.24) is 10.3 Å². The van der Waals surface area contributed by atoms with E-state index in [2.05, 4.69) is 24.1 Å². The van der Waals surface area contributed by atoms with Crippen molar-refractivity contribution >= 4 is 5.82 Å². The molecule has 4 nitrogen and oxygen atoms in total. The Balaban J connectivity index is 2.45. The number of pyridine rings is 1. The largest absolute Gasteiger partial charge is 0.395 e. The number of aliphatic hydroxyl groups excluding tert-OH is 1. The van der Waals surface area contributed by atoms with Gasteiger partial charge in [-0.1, -0.05) is 13.0 Å². The molecule has 0 bridgehead atoms. The number of nitrogens with two attached hydrogens (primary N) is 1. The van der Waals surface area contributed by atoms with Gasteiger partial charge in [0.05, 0.1) is 6.61 Å². The molecule has 1 heterocycles. The second kappa shape index (κ2) is 6.45. The minimum absolute atomic E-state index is 0.183. The van der Waals surface area contributed by atoms with Gasteiger partial charge in [0.2, 0.25) is 0 Å². The SMILES string of the molecule is CC(CC(C)c1ccc(N)nc1)NCCO. The molecule has 0 saturated heterocycles. The molecule has 0 saturated carbocycles. The standard InChI is InChI=1S/C12H21N3O/c1-9(7-10(2)14-5-6-16)11-3-4-12(13)15-8-11/h3-4,8-10,14,16H,5-7H2,1-2H3,(H2,13,15). The van der Waals surface area contributed by atoms with Crippen LogP contribution in [0.3, 0.4) is 0 Å². The lowest BCUT2D eigenvalue weighted by Gasteiger charge is -2.18. The van der Waals surface area contributed by atoms with E-state index >= 15 is 0 Å². The van der Waals surface area contributed by atoms with Crippen molar-refractivity contribution in [2.24, 2.45) is 0 Å². The van der Waals surface area contributed by atoms with Gasteiger partial charge in [-0.25, -0.2) is 4.98 Å². The number of nitrogens with zero attached hydrogens (tertiary/aromatic N) is 1. The molecule has 1 aromatic heterocycles. The van der Waals surface area contributed by atoms with Gasteiger partial charge in [-0.05, 0) is 30.9 Å². The van der Waals surface area contributed by atoms with Gasteiger partial charge >= 0.3 is 0 Å². The summed E-state index contributed by atoms with van der Waals surface area (Å²) < 4.78 is 0. The number of rotatable bonds is 6. The monoisotopic (exact) mass is 223 g/mol. The van der Waals surface area contributed by atoms with Gasteiger partial charge in [0.25, 0.3) is 0 Å². The highest BCUT2D eigenvalue weighted by Gasteiger charge is 2.10. The highest BCUT2D eigenvalue weighted by atomic mass is 16.3. The summed E-state index contributed by atoms with van der Waals surface area (Å²) in [4.78, 5) is 4.09. The van der Waals surface area contributed by atoms with Gasteiger partial charge in [0.1, 0.15) is 5.82 Å². The van der Waals surface area contributed by atoms with Crippen molar-refractivity contribution in [3.8, 4) is 0 Å². The zero-order chi connectivity index (χ0) is 12.0. The number of aliphatic hydroxyl groups is 1. The van der Waals surface area contributed by atoms with E-state index in [0.717, 1.165) is 6.42 Å². The molecule has 0 amide bonds. The van der Waals surface area contributed by atoms with Gasteiger partial charge in [-0.15, -0.1) is 0 Å². The first-order valence-electron chi connectivity index (χ1n) is 5.69. The Bertz CT molecular complexity index is 300. The fourth-order valence-corrected chi connectivity index (χ4v) is 1.77. The first kappa shape index (κ1) is 12.9. The summed E-state index contributed by atoms with van der Waals surface area (Å²) in [6.07, 6.45) is 2.85. The van der Waals surface area contributed by atoms with E-state index in [0.29, 0.717) is 24.3 Å². The fourth-order valence-electron chi connectivity index (χ4n) is 1.77. The maximum Gasteiger partial charge on any atom is 0.123 e. The van der Waals surface area contributed by atoms with Gasteiger partial charge in [0, 0.05) is 18.8 Å². The number of nitrogen functional groups attached to an aromatic ring is 1. The Morgan fingerprint density at radius 2 is 2.19 bits per heavy atom. The van der Waals surface area contributed by atoms with Gasteiger partial charge in [0.15, 0.2) is 0 Å². The molecule has 0 aliphatic carbocycles. The first-order valence-corrected chi connectivity index (χ1v) is 5.69. The molecule has 0 spiro atoms. The minimum atomic E-state index is 0.183. The van der Waals surface area contributed by atoms with E-state index in [9.17, 15) is 0 Å². The highest BCUT2D eigenvalue weighted by molar-refractivity contribution is 5.30. The lowest BCUT2D eigenvalue weighted by Crippen LogP contribution is -2.29. The molecule has 0 aliphatic rings. The Morgan fingerprint density at radius 3 is 2.75 bits per heavy atom. The normalized spacial score (nSPS) is 14.7. The van der Waals surface area contributed by atoms with Crippen LogP contribution in [0, 0.1) is 0 Å². The van der Waals surface area contributed by atoms with Crippen LogP contribution in [0.2, 0.25) is 0 Å². The van der Waals surface area contributed by atoms with Crippen LogP contribution in [-0.4, -0.2) is 29.3 Å². The summed E-state index contributed by atoms with van der Waals surface area (Å²) in [6.45, 7) is 5.12. The summed E-state index contributed by atoms with van der Waals surface area (Å²) in [5.74, 6) is 0.997. The van der Waals surface area contributed by atoms with E-state index < -0.39 is 0 Å². The first-order chi connectivity index (χ1) is 7.63. The number of nitrogens with one attached hydrogen (secondary N) is 1. The summed E-state index contributed by atoms with van der Waals surface area (Å²) >= 11 is 0. The second-order valence-corrected chi connectivity index (χ2v) is 4.23.